The summed E-state index contributed by atoms with van der Waals surface area (Å²) in [6, 6.07) is 0. The number of hydrogen-bond acceptors (Lipinski definition) is 4. The molecule has 0 N–H and O–H groups in total. The van der Waals surface area contributed by atoms with Gasteiger partial charge in [-0.1, -0.05) is 13.8 Å². The zero-order valence-electron chi connectivity index (χ0n) is 11.9. The highest BCUT2D eigenvalue weighted by Gasteiger charge is 2.25. The second-order valence-electron chi connectivity index (χ2n) is 5.42. The van der Waals surface area contributed by atoms with E-state index in [1.54, 1.807) is 0 Å². The van der Waals surface area contributed by atoms with Crippen LogP contribution in [0.1, 0.15) is 26.7 Å². The summed E-state index contributed by atoms with van der Waals surface area (Å²) in [6.45, 7) is 13.0. The monoisotopic (exact) mass is 256 g/mol. The fourth-order valence-corrected chi connectivity index (χ4v) is 3.04. The summed E-state index contributed by atoms with van der Waals surface area (Å²) >= 11 is 0. The molecule has 18 heavy (non-hydrogen) atoms. The predicted molar refractivity (Wildman–Crippen MR) is 72.6 cm³/mol. The second kappa shape index (κ2) is 7.43. The van der Waals surface area contributed by atoms with Gasteiger partial charge in [0.25, 0.3) is 0 Å². The maximum atomic E-state index is 5.54. The molecule has 0 saturated carbocycles. The molecule has 2 aliphatic heterocycles. The van der Waals surface area contributed by atoms with Gasteiger partial charge in [0.15, 0.2) is 6.29 Å². The normalized spacial score (nSPS) is 27.2. The second-order valence-corrected chi connectivity index (χ2v) is 5.42. The van der Waals surface area contributed by atoms with E-state index in [1.165, 1.54) is 45.6 Å². The van der Waals surface area contributed by atoms with Crippen LogP contribution >= 0.6 is 0 Å². The molecule has 0 bridgehead atoms. The average molecular weight is 256 g/mol. The minimum absolute atomic E-state index is 0.0252. The molecule has 106 valence electrons. The molecule has 0 spiro atoms. The molecule has 0 aromatic heterocycles. The van der Waals surface area contributed by atoms with Gasteiger partial charge in [0.2, 0.25) is 0 Å². The Kier molecular flexibility index (Phi) is 5.89. The van der Waals surface area contributed by atoms with Crippen LogP contribution in [0.5, 0.6) is 0 Å². The van der Waals surface area contributed by atoms with Gasteiger partial charge in [0.05, 0.1) is 13.2 Å². The van der Waals surface area contributed by atoms with Gasteiger partial charge in [-0.2, -0.15) is 0 Å². The molecule has 2 saturated heterocycles. The van der Waals surface area contributed by atoms with Gasteiger partial charge in [-0.25, -0.2) is 0 Å². The highest BCUT2D eigenvalue weighted by Crippen LogP contribution is 2.19. The minimum Gasteiger partial charge on any atom is -0.349 e. The highest BCUT2D eigenvalue weighted by atomic mass is 16.7. The molecular weight excluding hydrogens is 228 g/mol. The highest BCUT2D eigenvalue weighted by molar-refractivity contribution is 4.76. The minimum atomic E-state index is 0.0252. The number of likely N-dealkylation sites (tertiary alicyclic amines) is 1. The van der Waals surface area contributed by atoms with Crippen LogP contribution in [-0.2, 0) is 9.47 Å². The average Bonchev–Trinajstić information content (AvgIpc) is 2.89. The van der Waals surface area contributed by atoms with Crippen molar-refractivity contribution in [1.82, 2.24) is 9.80 Å². The van der Waals surface area contributed by atoms with Gasteiger partial charge < -0.3 is 14.4 Å². The molecule has 0 aliphatic carbocycles. The van der Waals surface area contributed by atoms with Gasteiger partial charge in [0, 0.05) is 19.6 Å². The molecule has 2 aliphatic rings. The zero-order chi connectivity index (χ0) is 12.8. The lowest BCUT2D eigenvalue weighted by atomic mass is 9.97. The van der Waals surface area contributed by atoms with Crippen LogP contribution in [0.15, 0.2) is 0 Å². The van der Waals surface area contributed by atoms with Crippen molar-refractivity contribution in [3.63, 3.8) is 0 Å². The first-order chi connectivity index (χ1) is 8.81. The van der Waals surface area contributed by atoms with Crippen LogP contribution in [0.2, 0.25) is 0 Å². The number of ether oxygens (including phenoxy) is 2. The van der Waals surface area contributed by atoms with Crippen molar-refractivity contribution < 1.29 is 9.47 Å². The van der Waals surface area contributed by atoms with E-state index >= 15 is 0 Å². The van der Waals surface area contributed by atoms with E-state index in [4.69, 9.17) is 9.47 Å². The summed E-state index contributed by atoms with van der Waals surface area (Å²) in [4.78, 5) is 5.06. The topological polar surface area (TPSA) is 24.9 Å². The van der Waals surface area contributed by atoms with Crippen LogP contribution in [0.3, 0.4) is 0 Å². The predicted octanol–water partition coefficient (Wildman–Crippen LogP) is 1.41. The Labute approximate surface area is 111 Å². The number of nitrogens with zero attached hydrogens (tertiary/aromatic N) is 2. The molecule has 0 amide bonds. The van der Waals surface area contributed by atoms with Crippen LogP contribution in [0.4, 0.5) is 0 Å². The third-order valence-electron chi connectivity index (χ3n) is 4.11. The van der Waals surface area contributed by atoms with Crippen molar-refractivity contribution >= 4 is 0 Å². The zero-order valence-corrected chi connectivity index (χ0v) is 11.9. The van der Waals surface area contributed by atoms with Crippen molar-refractivity contribution in [1.29, 1.82) is 0 Å². The van der Waals surface area contributed by atoms with E-state index in [-0.39, 0.29) is 6.29 Å². The van der Waals surface area contributed by atoms with Gasteiger partial charge in [-0.05, 0) is 38.4 Å². The molecule has 0 radical (unpaired) electrons. The van der Waals surface area contributed by atoms with Gasteiger partial charge in [-0.15, -0.1) is 0 Å². The molecule has 4 heteroatoms. The van der Waals surface area contributed by atoms with Crippen LogP contribution < -0.4 is 0 Å². The van der Waals surface area contributed by atoms with Crippen molar-refractivity contribution in [2.75, 3.05) is 52.5 Å². The quantitative estimate of drug-likeness (QED) is 0.717. The molecule has 2 heterocycles. The fourth-order valence-electron chi connectivity index (χ4n) is 3.04. The first-order valence-electron chi connectivity index (χ1n) is 7.49. The summed E-state index contributed by atoms with van der Waals surface area (Å²) in [5.74, 6) is 0.819. The number of piperidine rings is 1. The van der Waals surface area contributed by atoms with Gasteiger partial charge in [-0.3, -0.25) is 4.90 Å². The van der Waals surface area contributed by atoms with E-state index in [0.717, 1.165) is 25.7 Å². The molecule has 2 rings (SSSR count). The SMILES string of the molecule is CCN(CC)CC1CCCN(CC2OCCO2)C1. The van der Waals surface area contributed by atoms with Crippen molar-refractivity contribution in [3.05, 3.63) is 0 Å². The Morgan fingerprint density at radius 3 is 2.56 bits per heavy atom. The van der Waals surface area contributed by atoms with Crippen LogP contribution in [0, 0.1) is 5.92 Å². The van der Waals surface area contributed by atoms with Crippen LogP contribution in [0.25, 0.3) is 0 Å². The fraction of sp³-hybridized carbons (Fsp3) is 1.00. The Morgan fingerprint density at radius 1 is 1.17 bits per heavy atom. The number of rotatable bonds is 6. The molecule has 1 unspecified atom stereocenters. The smallest absolute Gasteiger partial charge is 0.170 e. The maximum absolute atomic E-state index is 5.54. The van der Waals surface area contributed by atoms with E-state index in [1.807, 2.05) is 0 Å². The molecule has 0 aromatic rings. The Bertz CT molecular complexity index is 218. The van der Waals surface area contributed by atoms with Gasteiger partial charge >= 0.3 is 0 Å². The maximum Gasteiger partial charge on any atom is 0.170 e. The largest absolute Gasteiger partial charge is 0.349 e. The lowest BCUT2D eigenvalue weighted by Crippen LogP contribution is -2.44. The van der Waals surface area contributed by atoms with Gasteiger partial charge in [0.1, 0.15) is 0 Å². The Balaban J connectivity index is 1.73. The van der Waals surface area contributed by atoms with E-state index in [2.05, 4.69) is 23.6 Å². The van der Waals surface area contributed by atoms with E-state index in [9.17, 15) is 0 Å². The third-order valence-corrected chi connectivity index (χ3v) is 4.11. The number of hydrogen-bond donors (Lipinski definition) is 0. The van der Waals surface area contributed by atoms with Crippen molar-refractivity contribution in [2.24, 2.45) is 5.92 Å². The summed E-state index contributed by atoms with van der Waals surface area (Å²) < 4.78 is 11.1. The summed E-state index contributed by atoms with van der Waals surface area (Å²) in [7, 11) is 0. The van der Waals surface area contributed by atoms with Crippen molar-refractivity contribution in [3.8, 4) is 0 Å². The first-order valence-corrected chi connectivity index (χ1v) is 7.49. The summed E-state index contributed by atoms with van der Waals surface area (Å²) in [6.07, 6.45) is 2.72. The molecule has 0 aromatic carbocycles. The lowest BCUT2D eigenvalue weighted by Gasteiger charge is -2.35. The molecule has 4 nitrogen and oxygen atoms in total. The standard InChI is InChI=1S/C14H28N2O2/c1-3-15(4-2)10-13-6-5-7-16(11-13)12-14-17-8-9-18-14/h13-14H,3-12H2,1-2H3. The van der Waals surface area contributed by atoms with Crippen molar-refractivity contribution in [2.45, 2.75) is 33.0 Å². The summed E-state index contributed by atoms with van der Waals surface area (Å²) in [5.41, 5.74) is 0. The third kappa shape index (κ3) is 4.19. The molecule has 1 atom stereocenters. The lowest BCUT2D eigenvalue weighted by molar-refractivity contribution is -0.0678. The Morgan fingerprint density at radius 2 is 1.89 bits per heavy atom. The van der Waals surface area contributed by atoms with E-state index < -0.39 is 0 Å². The van der Waals surface area contributed by atoms with Crippen LogP contribution in [-0.4, -0.2) is 68.6 Å². The van der Waals surface area contributed by atoms with E-state index in [0.29, 0.717) is 0 Å². The Hall–Kier alpha value is -0.160. The summed E-state index contributed by atoms with van der Waals surface area (Å²) in [5, 5.41) is 0. The molecule has 2 fully saturated rings. The first kappa shape index (κ1) is 14.3. The molecular formula is C14H28N2O2.